The van der Waals surface area contributed by atoms with E-state index in [1.165, 1.54) is 6.20 Å². The average molecular weight is 168 g/mol. The van der Waals surface area contributed by atoms with Gasteiger partial charge in [0.25, 0.3) is 5.56 Å². The first-order valence-electron chi connectivity index (χ1n) is 4.01. The van der Waals surface area contributed by atoms with Gasteiger partial charge in [0.1, 0.15) is 5.82 Å². The summed E-state index contributed by atoms with van der Waals surface area (Å²) in [5.74, 6) is 0.315. The average Bonchev–Trinajstić information content (AvgIpc) is 2.07. The number of nitrogens with zero attached hydrogens (tertiary/aromatic N) is 1. The van der Waals surface area contributed by atoms with Crippen molar-refractivity contribution >= 4 is 0 Å². The van der Waals surface area contributed by atoms with Crippen LogP contribution >= 0.6 is 0 Å². The van der Waals surface area contributed by atoms with Gasteiger partial charge < -0.3 is 10.1 Å². The number of hydrogen-bond donors (Lipinski definition) is 2. The number of hydrogen-bond acceptors (Lipinski definition) is 3. The molecule has 0 radical (unpaired) electrons. The predicted octanol–water partition coefficient (Wildman–Crippen LogP) is 0.818. The van der Waals surface area contributed by atoms with Gasteiger partial charge in [0, 0.05) is 6.42 Å². The number of rotatable bonds is 3. The van der Waals surface area contributed by atoms with Crippen molar-refractivity contribution < 1.29 is 5.11 Å². The second kappa shape index (κ2) is 3.90. The summed E-state index contributed by atoms with van der Waals surface area (Å²) in [7, 11) is 0. The smallest absolute Gasteiger partial charge is 0.293 e. The minimum absolute atomic E-state index is 0.324. The second-order valence-corrected chi connectivity index (χ2v) is 2.65. The second-order valence-electron chi connectivity index (χ2n) is 2.65. The Labute approximate surface area is 70.3 Å². The third-order valence-electron chi connectivity index (χ3n) is 1.60. The van der Waals surface area contributed by atoms with E-state index in [1.54, 1.807) is 0 Å². The van der Waals surface area contributed by atoms with Gasteiger partial charge in [-0.15, -0.1) is 0 Å². The first-order chi connectivity index (χ1) is 5.74. The Balaban J connectivity index is 2.76. The lowest BCUT2D eigenvalue weighted by atomic mass is 10.2. The van der Waals surface area contributed by atoms with Gasteiger partial charge in [-0.05, 0) is 6.42 Å². The maximum absolute atomic E-state index is 10.9. The van der Waals surface area contributed by atoms with E-state index in [9.17, 15) is 4.79 Å². The van der Waals surface area contributed by atoms with Crippen LogP contribution in [0.1, 0.15) is 25.6 Å². The Bertz CT molecular complexity index is 306. The highest BCUT2D eigenvalue weighted by Gasteiger charge is 1.98. The quantitative estimate of drug-likeness (QED) is 0.702. The fourth-order valence-electron chi connectivity index (χ4n) is 0.896. The third kappa shape index (κ3) is 2.08. The first kappa shape index (κ1) is 8.77. The summed E-state index contributed by atoms with van der Waals surface area (Å²) < 4.78 is 0. The van der Waals surface area contributed by atoms with Crippen molar-refractivity contribution in [2.75, 3.05) is 0 Å². The number of aryl methyl sites for hydroxylation is 1. The van der Waals surface area contributed by atoms with Gasteiger partial charge in [0.2, 0.25) is 0 Å². The molecule has 0 unspecified atom stereocenters. The Morgan fingerprint density at radius 2 is 2.42 bits per heavy atom. The van der Waals surface area contributed by atoms with Crippen molar-refractivity contribution in [3.63, 3.8) is 0 Å². The molecule has 4 nitrogen and oxygen atoms in total. The fraction of sp³-hybridized carbons (Fsp3) is 0.500. The van der Waals surface area contributed by atoms with Crippen molar-refractivity contribution in [2.45, 2.75) is 26.2 Å². The van der Waals surface area contributed by atoms with Gasteiger partial charge in [0.15, 0.2) is 5.75 Å². The van der Waals surface area contributed by atoms with Crippen molar-refractivity contribution in [3.05, 3.63) is 22.4 Å². The molecule has 0 aliphatic heterocycles. The van der Waals surface area contributed by atoms with E-state index >= 15 is 0 Å². The molecule has 4 heteroatoms. The molecule has 0 atom stereocenters. The highest BCUT2D eigenvalue weighted by Crippen LogP contribution is 1.99. The van der Waals surface area contributed by atoms with Crippen LogP contribution in [0.25, 0.3) is 0 Å². The first-order valence-corrected chi connectivity index (χ1v) is 4.01. The molecular weight excluding hydrogens is 156 g/mol. The van der Waals surface area contributed by atoms with Gasteiger partial charge in [-0.2, -0.15) is 0 Å². The number of unbranched alkanes of at least 4 members (excludes halogenated alkanes) is 1. The molecule has 0 saturated carbocycles. The summed E-state index contributed by atoms with van der Waals surface area (Å²) in [5.41, 5.74) is -0.462. The highest BCUT2D eigenvalue weighted by molar-refractivity contribution is 5.10. The summed E-state index contributed by atoms with van der Waals surface area (Å²) in [6, 6.07) is 0. The molecule has 0 saturated heterocycles. The van der Waals surface area contributed by atoms with Crippen molar-refractivity contribution in [1.82, 2.24) is 9.97 Å². The molecule has 0 bridgehead atoms. The zero-order valence-electron chi connectivity index (χ0n) is 7.00. The largest absolute Gasteiger partial charge is 0.502 e. The van der Waals surface area contributed by atoms with E-state index in [4.69, 9.17) is 5.11 Å². The van der Waals surface area contributed by atoms with Crippen LogP contribution in [-0.4, -0.2) is 15.1 Å². The zero-order chi connectivity index (χ0) is 8.97. The Morgan fingerprint density at radius 3 is 3.00 bits per heavy atom. The normalized spacial score (nSPS) is 10.1. The van der Waals surface area contributed by atoms with Gasteiger partial charge in [-0.25, -0.2) is 4.98 Å². The van der Waals surface area contributed by atoms with Crippen LogP contribution in [0.15, 0.2) is 11.0 Å². The van der Waals surface area contributed by atoms with Crippen molar-refractivity contribution in [2.24, 2.45) is 0 Å². The van der Waals surface area contributed by atoms with Crippen LogP contribution in [-0.2, 0) is 6.42 Å². The number of aromatic amines is 1. The number of H-pyrrole nitrogens is 1. The summed E-state index contributed by atoms with van der Waals surface area (Å²) >= 11 is 0. The van der Waals surface area contributed by atoms with Gasteiger partial charge in [-0.3, -0.25) is 4.79 Å². The summed E-state index contributed by atoms with van der Waals surface area (Å²) in [4.78, 5) is 17.2. The molecule has 0 aliphatic carbocycles. The summed E-state index contributed by atoms with van der Waals surface area (Å²) in [6.45, 7) is 2.07. The zero-order valence-corrected chi connectivity index (χ0v) is 7.00. The Kier molecular flexibility index (Phi) is 2.85. The van der Waals surface area contributed by atoms with Crippen LogP contribution in [0.4, 0.5) is 0 Å². The molecule has 0 aliphatic rings. The molecule has 1 aromatic rings. The molecule has 66 valence electrons. The molecule has 0 fully saturated rings. The van der Waals surface area contributed by atoms with Gasteiger partial charge >= 0.3 is 0 Å². The van der Waals surface area contributed by atoms with E-state index in [-0.39, 0.29) is 5.75 Å². The highest BCUT2D eigenvalue weighted by atomic mass is 16.3. The summed E-state index contributed by atoms with van der Waals surface area (Å²) in [6.07, 6.45) is 3.99. The molecule has 0 spiro atoms. The molecule has 1 rings (SSSR count). The van der Waals surface area contributed by atoms with E-state index in [0.717, 1.165) is 19.3 Å². The Hall–Kier alpha value is -1.32. The minimum atomic E-state index is -0.462. The molecule has 0 amide bonds. The molecule has 0 aromatic carbocycles. The lowest BCUT2D eigenvalue weighted by Gasteiger charge is -1.97. The monoisotopic (exact) mass is 168 g/mol. The number of nitrogens with one attached hydrogen (secondary N) is 1. The van der Waals surface area contributed by atoms with Crippen LogP contribution in [0.5, 0.6) is 5.75 Å². The van der Waals surface area contributed by atoms with E-state index in [2.05, 4.69) is 16.9 Å². The summed E-state index contributed by atoms with van der Waals surface area (Å²) in [5, 5.41) is 8.86. The lowest BCUT2D eigenvalue weighted by molar-refractivity contribution is 0.461. The molecular formula is C8H12N2O2. The molecule has 12 heavy (non-hydrogen) atoms. The van der Waals surface area contributed by atoms with Crippen LogP contribution in [0, 0.1) is 0 Å². The van der Waals surface area contributed by atoms with Crippen molar-refractivity contribution in [3.8, 4) is 5.75 Å². The maximum Gasteiger partial charge on any atom is 0.293 e. The lowest BCUT2D eigenvalue weighted by Crippen LogP contribution is -2.09. The standard InChI is InChI=1S/C8H12N2O2/c1-2-3-4-7-9-5-6(11)8(12)10-7/h5,11H,2-4H2,1H3,(H,9,10,12). The van der Waals surface area contributed by atoms with Gasteiger partial charge in [-0.1, -0.05) is 13.3 Å². The third-order valence-corrected chi connectivity index (χ3v) is 1.60. The van der Waals surface area contributed by atoms with E-state index < -0.39 is 5.56 Å². The SMILES string of the molecule is CCCCc1ncc(O)c(=O)[nH]1. The maximum atomic E-state index is 10.9. The number of aromatic hydroxyl groups is 1. The van der Waals surface area contributed by atoms with Crippen molar-refractivity contribution in [1.29, 1.82) is 0 Å². The predicted molar refractivity (Wildman–Crippen MR) is 45.1 cm³/mol. The molecule has 2 N–H and O–H groups in total. The number of aromatic nitrogens is 2. The molecule has 1 aromatic heterocycles. The van der Waals surface area contributed by atoms with Gasteiger partial charge in [0.05, 0.1) is 6.20 Å². The van der Waals surface area contributed by atoms with Crippen LogP contribution in [0.3, 0.4) is 0 Å². The van der Waals surface area contributed by atoms with E-state index in [0.29, 0.717) is 5.82 Å². The minimum Gasteiger partial charge on any atom is -0.502 e. The fourth-order valence-corrected chi connectivity index (χ4v) is 0.896. The topological polar surface area (TPSA) is 66.0 Å². The Morgan fingerprint density at radius 1 is 1.67 bits per heavy atom. The van der Waals surface area contributed by atoms with Crippen LogP contribution < -0.4 is 5.56 Å². The van der Waals surface area contributed by atoms with E-state index in [1.807, 2.05) is 0 Å². The molecule has 1 heterocycles. The van der Waals surface area contributed by atoms with Crippen LogP contribution in [0.2, 0.25) is 0 Å².